The van der Waals surface area contributed by atoms with E-state index in [1.165, 1.54) is 11.0 Å². The van der Waals surface area contributed by atoms with Crippen molar-refractivity contribution in [2.24, 2.45) is 0 Å². The van der Waals surface area contributed by atoms with Crippen molar-refractivity contribution in [1.29, 1.82) is 0 Å². The fourth-order valence-electron chi connectivity index (χ4n) is 2.86. The predicted molar refractivity (Wildman–Crippen MR) is 88.3 cm³/mol. The summed E-state index contributed by atoms with van der Waals surface area (Å²) in [5, 5.41) is 9.51. The van der Waals surface area contributed by atoms with Gasteiger partial charge in [-0.25, -0.2) is 9.18 Å². The van der Waals surface area contributed by atoms with E-state index in [4.69, 9.17) is 16.7 Å². The molecule has 1 amide bonds. The molecule has 24 heavy (non-hydrogen) atoms. The number of aliphatic carboxylic acids is 1. The molecule has 1 saturated heterocycles. The lowest BCUT2D eigenvalue weighted by Gasteiger charge is -2.38. The van der Waals surface area contributed by atoms with Gasteiger partial charge in [-0.15, -0.1) is 0 Å². The van der Waals surface area contributed by atoms with E-state index in [0.717, 1.165) is 0 Å². The third-order valence-corrected chi connectivity index (χ3v) is 4.43. The van der Waals surface area contributed by atoms with Crippen LogP contribution in [0.2, 0.25) is 5.02 Å². The van der Waals surface area contributed by atoms with Crippen molar-refractivity contribution in [3.05, 3.63) is 58.9 Å². The second-order valence-corrected chi connectivity index (χ2v) is 6.12. The molecule has 0 spiro atoms. The number of halogens is 2. The first-order chi connectivity index (χ1) is 11.5. The van der Waals surface area contributed by atoms with Crippen molar-refractivity contribution in [2.45, 2.75) is 18.9 Å². The number of carbonyl (C=O) groups is 2. The molecule has 1 aliphatic rings. The number of hydrogen-bond donors (Lipinski definition) is 1. The van der Waals surface area contributed by atoms with Gasteiger partial charge in [-0.2, -0.15) is 0 Å². The molecule has 4 nitrogen and oxygen atoms in total. The highest BCUT2D eigenvalue weighted by Crippen LogP contribution is 2.30. The maximum Gasteiger partial charge on any atom is 0.326 e. The van der Waals surface area contributed by atoms with Gasteiger partial charge >= 0.3 is 5.97 Å². The predicted octanol–water partition coefficient (Wildman–Crippen LogP) is 3.37. The highest BCUT2D eigenvalue weighted by molar-refractivity contribution is 6.30. The number of benzene rings is 2. The molecule has 1 heterocycles. The number of nitrogens with zero attached hydrogens (tertiary/aromatic N) is 1. The van der Waals surface area contributed by atoms with E-state index in [1.54, 1.807) is 36.4 Å². The Balaban J connectivity index is 1.91. The van der Waals surface area contributed by atoms with Crippen LogP contribution in [-0.4, -0.2) is 34.5 Å². The van der Waals surface area contributed by atoms with Crippen LogP contribution in [0.3, 0.4) is 0 Å². The highest BCUT2D eigenvalue weighted by Gasteiger charge is 2.37. The summed E-state index contributed by atoms with van der Waals surface area (Å²) in [4.78, 5) is 24.8. The maximum atomic E-state index is 14.1. The Morgan fingerprint density at radius 1 is 1.21 bits per heavy atom. The van der Waals surface area contributed by atoms with Crippen LogP contribution < -0.4 is 0 Å². The Kier molecular flexibility index (Phi) is 4.53. The van der Waals surface area contributed by atoms with Crippen molar-refractivity contribution in [3.63, 3.8) is 0 Å². The lowest BCUT2D eigenvalue weighted by molar-refractivity contribution is -0.156. The van der Waals surface area contributed by atoms with Crippen LogP contribution in [0.15, 0.2) is 42.5 Å². The quantitative estimate of drug-likeness (QED) is 0.922. The van der Waals surface area contributed by atoms with Crippen molar-refractivity contribution < 1.29 is 19.1 Å². The Hall–Kier alpha value is -2.40. The third-order valence-electron chi connectivity index (χ3n) is 4.20. The average molecular weight is 348 g/mol. The number of amides is 1. The molecule has 0 radical (unpaired) electrons. The van der Waals surface area contributed by atoms with Crippen LogP contribution in [0.5, 0.6) is 0 Å². The molecule has 1 N–H and O–H groups in total. The Labute approximate surface area is 143 Å². The number of carboxylic acids is 1. The van der Waals surface area contributed by atoms with Gasteiger partial charge in [0.05, 0.1) is 6.42 Å². The first kappa shape index (κ1) is 16.5. The van der Waals surface area contributed by atoms with E-state index in [0.29, 0.717) is 34.7 Å². The summed E-state index contributed by atoms with van der Waals surface area (Å²) in [6, 6.07) is 10.5. The Bertz CT molecular complexity index is 809. The number of rotatable bonds is 4. The topological polar surface area (TPSA) is 57.6 Å². The fourth-order valence-corrected chi connectivity index (χ4v) is 3.05. The van der Waals surface area contributed by atoms with Gasteiger partial charge in [0.15, 0.2) is 0 Å². The molecular weight excluding hydrogens is 333 g/mol. The largest absolute Gasteiger partial charge is 0.480 e. The van der Waals surface area contributed by atoms with Gasteiger partial charge in [0.25, 0.3) is 0 Å². The molecule has 1 fully saturated rings. The zero-order valence-electron chi connectivity index (χ0n) is 12.7. The van der Waals surface area contributed by atoms with Crippen LogP contribution >= 0.6 is 11.6 Å². The third kappa shape index (κ3) is 3.12. The molecule has 0 bridgehead atoms. The van der Waals surface area contributed by atoms with Crippen LogP contribution in [0.1, 0.15) is 12.0 Å². The Morgan fingerprint density at radius 3 is 2.58 bits per heavy atom. The molecule has 2 aromatic rings. The average Bonchev–Trinajstić information content (AvgIpc) is 2.46. The van der Waals surface area contributed by atoms with Gasteiger partial charge in [0.1, 0.15) is 11.9 Å². The van der Waals surface area contributed by atoms with Crippen molar-refractivity contribution >= 4 is 23.5 Å². The van der Waals surface area contributed by atoms with Gasteiger partial charge in [-0.05, 0) is 35.7 Å². The summed E-state index contributed by atoms with van der Waals surface area (Å²) < 4.78 is 14.1. The lowest BCUT2D eigenvalue weighted by Crippen LogP contribution is -2.55. The number of likely N-dealkylation sites (tertiary alicyclic amines) is 1. The summed E-state index contributed by atoms with van der Waals surface area (Å²) >= 11 is 6.02. The molecule has 124 valence electrons. The van der Waals surface area contributed by atoms with E-state index in [9.17, 15) is 14.0 Å². The van der Waals surface area contributed by atoms with Gasteiger partial charge < -0.3 is 10.0 Å². The molecule has 3 rings (SSSR count). The van der Waals surface area contributed by atoms with E-state index < -0.39 is 12.0 Å². The van der Waals surface area contributed by atoms with Gasteiger partial charge in [-0.3, -0.25) is 4.79 Å². The van der Waals surface area contributed by atoms with Crippen LogP contribution in [0.4, 0.5) is 4.39 Å². The normalized spacial score (nSPS) is 16.6. The van der Waals surface area contributed by atoms with E-state index in [1.807, 2.05) is 0 Å². The van der Waals surface area contributed by atoms with Crippen LogP contribution in [-0.2, 0) is 16.0 Å². The number of carbonyl (C=O) groups excluding carboxylic acids is 1. The molecule has 1 atom stereocenters. The number of carboxylic acid groups (broad SMARTS) is 1. The second-order valence-electron chi connectivity index (χ2n) is 5.69. The van der Waals surface area contributed by atoms with Crippen LogP contribution in [0, 0.1) is 5.82 Å². The standard InChI is InChI=1S/C18H15ClFNO3/c19-12-5-6-13(14-3-1-2-4-15(14)20)11(9-12)10-17(22)21-8-7-16(21)18(23)24/h1-6,9,16H,7-8,10H2,(H,23,24)/t16-/m1/s1. The van der Waals surface area contributed by atoms with Crippen molar-refractivity contribution in [3.8, 4) is 11.1 Å². The molecule has 2 aromatic carbocycles. The smallest absolute Gasteiger partial charge is 0.326 e. The molecule has 6 heteroatoms. The highest BCUT2D eigenvalue weighted by atomic mass is 35.5. The minimum atomic E-state index is -1.00. The zero-order chi connectivity index (χ0) is 17.3. The summed E-state index contributed by atoms with van der Waals surface area (Å²) in [6.45, 7) is 0.422. The molecule has 1 aliphatic heterocycles. The first-order valence-electron chi connectivity index (χ1n) is 7.53. The molecule has 0 saturated carbocycles. The van der Waals surface area contributed by atoms with Crippen molar-refractivity contribution in [1.82, 2.24) is 4.90 Å². The molecule has 0 aliphatic carbocycles. The summed E-state index contributed by atoms with van der Waals surface area (Å²) in [5.41, 5.74) is 1.54. The number of hydrogen-bond acceptors (Lipinski definition) is 2. The van der Waals surface area contributed by atoms with Crippen molar-refractivity contribution in [2.75, 3.05) is 6.54 Å². The Morgan fingerprint density at radius 2 is 1.96 bits per heavy atom. The van der Waals surface area contributed by atoms with E-state index in [-0.39, 0.29) is 18.1 Å². The van der Waals surface area contributed by atoms with E-state index in [2.05, 4.69) is 0 Å². The minimum Gasteiger partial charge on any atom is -0.480 e. The maximum absolute atomic E-state index is 14.1. The van der Waals surface area contributed by atoms with Crippen LogP contribution in [0.25, 0.3) is 11.1 Å². The molecular formula is C18H15ClFNO3. The first-order valence-corrected chi connectivity index (χ1v) is 7.91. The van der Waals surface area contributed by atoms with Gasteiger partial charge in [0.2, 0.25) is 5.91 Å². The minimum absolute atomic E-state index is 0.0198. The summed E-state index contributed by atoms with van der Waals surface area (Å²) in [5.74, 6) is -1.69. The zero-order valence-corrected chi connectivity index (χ0v) is 13.5. The summed E-state index contributed by atoms with van der Waals surface area (Å²) in [7, 11) is 0. The fraction of sp³-hybridized carbons (Fsp3) is 0.222. The summed E-state index contributed by atoms with van der Waals surface area (Å²) in [6.07, 6.45) is 0.435. The molecule has 0 aromatic heterocycles. The van der Waals surface area contributed by atoms with E-state index >= 15 is 0 Å². The molecule has 0 unspecified atom stereocenters. The van der Waals surface area contributed by atoms with Gasteiger partial charge in [-0.1, -0.05) is 35.9 Å². The van der Waals surface area contributed by atoms with Gasteiger partial charge in [0, 0.05) is 17.1 Å². The lowest BCUT2D eigenvalue weighted by atomic mass is 9.95. The SMILES string of the molecule is O=C(O)[C@H]1CCN1C(=O)Cc1cc(Cl)ccc1-c1ccccc1F. The second kappa shape index (κ2) is 6.61. The monoisotopic (exact) mass is 347 g/mol.